The number of aryl methyl sites for hydroxylation is 1. The standard InChI is InChI=1S/C11H11ClN2O2S/c12-6-8-7-17-11(13-8)14-10(15)4-3-9-2-1-5-16-9/h1-2,5,7H,3-4,6H2,(H,13,14,15). The van der Waals surface area contributed by atoms with Crippen LogP contribution in [0.25, 0.3) is 0 Å². The van der Waals surface area contributed by atoms with Gasteiger partial charge in [0.2, 0.25) is 5.91 Å². The van der Waals surface area contributed by atoms with Gasteiger partial charge in [-0.1, -0.05) is 0 Å². The lowest BCUT2D eigenvalue weighted by atomic mass is 10.2. The number of carbonyl (C=O) groups excluding carboxylic acids is 1. The number of nitrogens with zero attached hydrogens (tertiary/aromatic N) is 1. The summed E-state index contributed by atoms with van der Waals surface area (Å²) in [7, 11) is 0. The predicted octanol–water partition coefficient (Wildman–Crippen LogP) is 3.05. The summed E-state index contributed by atoms with van der Waals surface area (Å²) >= 11 is 7.00. The summed E-state index contributed by atoms with van der Waals surface area (Å²) in [6.45, 7) is 0. The number of hydrogen-bond donors (Lipinski definition) is 1. The van der Waals surface area contributed by atoms with Crippen LogP contribution in [-0.2, 0) is 17.1 Å². The van der Waals surface area contributed by atoms with E-state index in [4.69, 9.17) is 16.0 Å². The lowest BCUT2D eigenvalue weighted by Crippen LogP contribution is -2.12. The average Bonchev–Trinajstić information content (AvgIpc) is 2.97. The molecule has 90 valence electrons. The lowest BCUT2D eigenvalue weighted by molar-refractivity contribution is -0.116. The first-order valence-corrected chi connectivity index (χ1v) is 6.52. The Balaban J connectivity index is 1.81. The Labute approximate surface area is 108 Å². The summed E-state index contributed by atoms with van der Waals surface area (Å²) in [6.07, 6.45) is 2.57. The minimum Gasteiger partial charge on any atom is -0.469 e. The van der Waals surface area contributed by atoms with E-state index in [0.717, 1.165) is 11.5 Å². The van der Waals surface area contributed by atoms with Gasteiger partial charge in [0.25, 0.3) is 0 Å². The van der Waals surface area contributed by atoms with Gasteiger partial charge < -0.3 is 9.73 Å². The van der Waals surface area contributed by atoms with Crippen LogP contribution in [0, 0.1) is 0 Å². The molecular formula is C11H11ClN2O2S. The van der Waals surface area contributed by atoms with E-state index in [1.165, 1.54) is 11.3 Å². The van der Waals surface area contributed by atoms with Crippen molar-refractivity contribution in [1.82, 2.24) is 4.98 Å². The molecule has 0 saturated heterocycles. The number of thiazole rings is 1. The molecule has 6 heteroatoms. The molecule has 0 atom stereocenters. The van der Waals surface area contributed by atoms with E-state index < -0.39 is 0 Å². The van der Waals surface area contributed by atoms with Crippen molar-refractivity contribution in [2.75, 3.05) is 5.32 Å². The molecule has 0 unspecified atom stereocenters. The fourth-order valence-electron chi connectivity index (χ4n) is 1.30. The highest BCUT2D eigenvalue weighted by molar-refractivity contribution is 7.13. The van der Waals surface area contributed by atoms with E-state index in [0.29, 0.717) is 23.9 Å². The van der Waals surface area contributed by atoms with Crippen LogP contribution in [0.4, 0.5) is 5.13 Å². The van der Waals surface area contributed by atoms with Crippen molar-refractivity contribution in [2.24, 2.45) is 0 Å². The maximum atomic E-state index is 11.6. The molecule has 2 heterocycles. The van der Waals surface area contributed by atoms with E-state index in [1.807, 2.05) is 11.4 Å². The lowest BCUT2D eigenvalue weighted by Gasteiger charge is -1.99. The number of anilines is 1. The molecule has 0 aliphatic carbocycles. The number of halogens is 1. The SMILES string of the molecule is O=C(CCc1ccco1)Nc1nc(CCl)cs1. The summed E-state index contributed by atoms with van der Waals surface area (Å²) < 4.78 is 5.15. The first-order chi connectivity index (χ1) is 8.28. The monoisotopic (exact) mass is 270 g/mol. The molecule has 2 aromatic heterocycles. The third kappa shape index (κ3) is 3.57. The molecule has 0 fully saturated rings. The van der Waals surface area contributed by atoms with E-state index in [1.54, 1.807) is 12.3 Å². The van der Waals surface area contributed by atoms with Gasteiger partial charge in [-0.2, -0.15) is 0 Å². The summed E-state index contributed by atoms with van der Waals surface area (Å²) in [4.78, 5) is 15.7. The van der Waals surface area contributed by atoms with Crippen LogP contribution < -0.4 is 5.32 Å². The zero-order chi connectivity index (χ0) is 12.1. The topological polar surface area (TPSA) is 55.1 Å². The van der Waals surface area contributed by atoms with Crippen molar-refractivity contribution in [3.8, 4) is 0 Å². The molecular weight excluding hydrogens is 260 g/mol. The van der Waals surface area contributed by atoms with Gasteiger partial charge >= 0.3 is 0 Å². The molecule has 0 saturated carbocycles. The Morgan fingerprint density at radius 3 is 3.12 bits per heavy atom. The Bertz CT molecular complexity index is 481. The molecule has 2 rings (SSSR count). The predicted molar refractivity (Wildman–Crippen MR) is 67.3 cm³/mol. The van der Waals surface area contributed by atoms with Gasteiger partial charge in [0.05, 0.1) is 17.8 Å². The number of nitrogens with one attached hydrogen (secondary N) is 1. The third-order valence-corrected chi connectivity index (χ3v) is 3.19. The average molecular weight is 271 g/mol. The number of furan rings is 1. The Morgan fingerprint density at radius 2 is 2.47 bits per heavy atom. The number of hydrogen-bond acceptors (Lipinski definition) is 4. The molecule has 0 aliphatic heterocycles. The van der Waals surface area contributed by atoms with Crippen molar-refractivity contribution >= 4 is 34.0 Å². The molecule has 2 aromatic rings. The number of carbonyl (C=O) groups is 1. The van der Waals surface area contributed by atoms with Gasteiger partial charge in [0.15, 0.2) is 5.13 Å². The quantitative estimate of drug-likeness (QED) is 0.850. The van der Waals surface area contributed by atoms with E-state index in [2.05, 4.69) is 10.3 Å². The molecule has 1 amide bonds. The molecule has 1 N–H and O–H groups in total. The van der Waals surface area contributed by atoms with Gasteiger partial charge in [-0.15, -0.1) is 22.9 Å². The molecule has 4 nitrogen and oxygen atoms in total. The fraction of sp³-hybridized carbons (Fsp3) is 0.273. The van der Waals surface area contributed by atoms with Crippen LogP contribution in [-0.4, -0.2) is 10.9 Å². The molecule has 17 heavy (non-hydrogen) atoms. The van der Waals surface area contributed by atoms with Gasteiger partial charge in [0.1, 0.15) is 5.76 Å². The molecule has 0 radical (unpaired) electrons. The summed E-state index contributed by atoms with van der Waals surface area (Å²) in [5.74, 6) is 1.09. The van der Waals surface area contributed by atoms with Crippen LogP contribution >= 0.6 is 22.9 Å². The Morgan fingerprint density at radius 1 is 1.59 bits per heavy atom. The van der Waals surface area contributed by atoms with Crippen molar-refractivity contribution in [2.45, 2.75) is 18.7 Å². The fourth-order valence-corrected chi connectivity index (χ4v) is 2.25. The summed E-state index contributed by atoms with van der Waals surface area (Å²) in [5, 5.41) is 5.14. The molecule has 0 aromatic carbocycles. The summed E-state index contributed by atoms with van der Waals surface area (Å²) in [6, 6.07) is 3.66. The Kier molecular flexibility index (Phi) is 4.17. The maximum absolute atomic E-state index is 11.6. The zero-order valence-electron chi connectivity index (χ0n) is 8.98. The first-order valence-electron chi connectivity index (χ1n) is 5.10. The van der Waals surface area contributed by atoms with Crippen molar-refractivity contribution in [3.05, 3.63) is 35.2 Å². The van der Waals surface area contributed by atoms with E-state index in [9.17, 15) is 4.79 Å². The number of alkyl halides is 1. The molecule has 0 spiro atoms. The second-order valence-corrected chi connectivity index (χ2v) is 4.53. The van der Waals surface area contributed by atoms with Crippen LogP contribution in [0.1, 0.15) is 17.9 Å². The largest absolute Gasteiger partial charge is 0.469 e. The van der Waals surface area contributed by atoms with E-state index in [-0.39, 0.29) is 5.91 Å². The highest BCUT2D eigenvalue weighted by Crippen LogP contribution is 2.17. The highest BCUT2D eigenvalue weighted by Gasteiger charge is 2.07. The van der Waals surface area contributed by atoms with Gasteiger partial charge in [0, 0.05) is 18.2 Å². The van der Waals surface area contributed by atoms with Gasteiger partial charge in [-0.25, -0.2) is 4.98 Å². The first kappa shape index (κ1) is 12.1. The van der Waals surface area contributed by atoms with Crippen LogP contribution in [0.5, 0.6) is 0 Å². The number of rotatable bonds is 5. The molecule has 0 aliphatic rings. The highest BCUT2D eigenvalue weighted by atomic mass is 35.5. The van der Waals surface area contributed by atoms with Crippen molar-refractivity contribution in [3.63, 3.8) is 0 Å². The minimum absolute atomic E-state index is 0.0723. The Hall–Kier alpha value is -1.33. The summed E-state index contributed by atoms with van der Waals surface area (Å²) in [5.41, 5.74) is 0.776. The van der Waals surface area contributed by atoms with Crippen LogP contribution in [0.15, 0.2) is 28.2 Å². The third-order valence-electron chi connectivity index (χ3n) is 2.11. The van der Waals surface area contributed by atoms with Crippen LogP contribution in [0.3, 0.4) is 0 Å². The normalized spacial score (nSPS) is 10.4. The molecule has 0 bridgehead atoms. The zero-order valence-corrected chi connectivity index (χ0v) is 10.6. The number of aromatic nitrogens is 1. The maximum Gasteiger partial charge on any atom is 0.226 e. The van der Waals surface area contributed by atoms with Crippen molar-refractivity contribution < 1.29 is 9.21 Å². The second-order valence-electron chi connectivity index (χ2n) is 3.41. The second kappa shape index (κ2) is 5.84. The van der Waals surface area contributed by atoms with Crippen molar-refractivity contribution in [1.29, 1.82) is 0 Å². The van der Waals surface area contributed by atoms with Gasteiger partial charge in [-0.05, 0) is 12.1 Å². The minimum atomic E-state index is -0.0723. The van der Waals surface area contributed by atoms with E-state index >= 15 is 0 Å². The van der Waals surface area contributed by atoms with Gasteiger partial charge in [-0.3, -0.25) is 4.79 Å². The number of amides is 1. The van der Waals surface area contributed by atoms with Crippen LogP contribution in [0.2, 0.25) is 0 Å². The smallest absolute Gasteiger partial charge is 0.226 e.